The first-order chi connectivity index (χ1) is 9.34. The van der Waals surface area contributed by atoms with Crippen LogP contribution >= 0.6 is 11.3 Å². The Balaban J connectivity index is 1.48. The van der Waals surface area contributed by atoms with Gasteiger partial charge in [-0.2, -0.15) is 11.3 Å². The molecule has 2 rings (SSSR count). The molecule has 0 radical (unpaired) electrons. The monoisotopic (exact) mass is 279 g/mol. The van der Waals surface area contributed by atoms with E-state index in [1.807, 2.05) is 27.6 Å². The largest absolute Gasteiger partial charge is 0.378 e. The summed E-state index contributed by atoms with van der Waals surface area (Å²) in [6.45, 7) is 2.48. The number of ether oxygens (including phenoxy) is 1. The van der Waals surface area contributed by atoms with Crippen molar-refractivity contribution in [2.45, 2.75) is 13.0 Å². The Labute approximate surface area is 116 Å². The maximum atomic E-state index is 11.6. The van der Waals surface area contributed by atoms with Crippen LogP contribution in [-0.4, -0.2) is 35.2 Å². The number of nitrogens with one attached hydrogen (secondary N) is 1. The Morgan fingerprint density at radius 2 is 2.42 bits per heavy atom. The minimum absolute atomic E-state index is 0.0385. The van der Waals surface area contributed by atoms with Crippen molar-refractivity contribution in [1.29, 1.82) is 0 Å². The maximum absolute atomic E-state index is 11.6. The summed E-state index contributed by atoms with van der Waals surface area (Å²) in [7, 11) is 0. The van der Waals surface area contributed by atoms with Crippen molar-refractivity contribution in [1.82, 2.24) is 14.9 Å². The van der Waals surface area contributed by atoms with Crippen molar-refractivity contribution in [3.8, 4) is 0 Å². The third-order valence-electron chi connectivity index (χ3n) is 2.57. The number of aromatic nitrogens is 2. The lowest BCUT2D eigenvalue weighted by Gasteiger charge is -2.06. The van der Waals surface area contributed by atoms with Gasteiger partial charge in [-0.25, -0.2) is 4.98 Å². The highest BCUT2D eigenvalue weighted by atomic mass is 32.1. The molecule has 102 valence electrons. The number of rotatable bonds is 8. The van der Waals surface area contributed by atoms with Crippen LogP contribution in [0.1, 0.15) is 5.56 Å². The lowest BCUT2D eigenvalue weighted by Crippen LogP contribution is -2.28. The molecule has 2 aromatic rings. The lowest BCUT2D eigenvalue weighted by atomic mass is 10.2. The second-order valence-electron chi connectivity index (χ2n) is 4.07. The van der Waals surface area contributed by atoms with Crippen LogP contribution in [0.2, 0.25) is 0 Å². The highest BCUT2D eigenvalue weighted by molar-refractivity contribution is 7.07. The van der Waals surface area contributed by atoms with Gasteiger partial charge in [-0.1, -0.05) is 0 Å². The predicted octanol–water partition coefficient (Wildman–Crippen LogP) is 1.32. The smallest absolute Gasteiger partial charge is 0.224 e. The van der Waals surface area contributed by atoms with Gasteiger partial charge in [0.2, 0.25) is 5.91 Å². The van der Waals surface area contributed by atoms with Gasteiger partial charge in [0.1, 0.15) is 0 Å². The van der Waals surface area contributed by atoms with Crippen LogP contribution in [0, 0.1) is 0 Å². The topological polar surface area (TPSA) is 56.1 Å². The molecule has 2 aromatic heterocycles. The molecule has 0 saturated heterocycles. The molecule has 1 N–H and O–H groups in total. The van der Waals surface area contributed by atoms with Gasteiger partial charge < -0.3 is 14.6 Å². The molecular formula is C13H17N3O2S. The van der Waals surface area contributed by atoms with Crippen molar-refractivity contribution < 1.29 is 9.53 Å². The third-order valence-corrected chi connectivity index (χ3v) is 3.30. The highest BCUT2D eigenvalue weighted by Gasteiger charge is 2.02. The Bertz CT molecular complexity index is 468. The molecule has 1 amide bonds. The van der Waals surface area contributed by atoms with Crippen LogP contribution in [0.25, 0.3) is 0 Å². The summed E-state index contributed by atoms with van der Waals surface area (Å²) >= 11 is 1.60. The fourth-order valence-electron chi connectivity index (χ4n) is 1.59. The van der Waals surface area contributed by atoms with Gasteiger partial charge in [-0.3, -0.25) is 4.79 Å². The van der Waals surface area contributed by atoms with Crippen LogP contribution in [0.15, 0.2) is 35.5 Å². The number of thiophene rings is 1. The van der Waals surface area contributed by atoms with Crippen LogP contribution in [0.3, 0.4) is 0 Å². The van der Waals surface area contributed by atoms with Gasteiger partial charge in [-0.15, -0.1) is 0 Å². The lowest BCUT2D eigenvalue weighted by molar-refractivity contribution is -0.120. The van der Waals surface area contributed by atoms with Crippen LogP contribution in [0.4, 0.5) is 0 Å². The summed E-state index contributed by atoms with van der Waals surface area (Å²) in [5, 5.41) is 6.80. The highest BCUT2D eigenvalue weighted by Crippen LogP contribution is 2.05. The number of carbonyl (C=O) groups is 1. The quantitative estimate of drug-likeness (QED) is 0.742. The minimum Gasteiger partial charge on any atom is -0.378 e. The molecule has 0 aliphatic rings. The fraction of sp³-hybridized carbons (Fsp3) is 0.385. The van der Waals surface area contributed by atoms with Gasteiger partial charge in [0.05, 0.1) is 26.0 Å². The number of hydrogen-bond acceptors (Lipinski definition) is 4. The van der Waals surface area contributed by atoms with E-state index in [0.29, 0.717) is 26.2 Å². The molecule has 2 heterocycles. The van der Waals surface area contributed by atoms with E-state index < -0.39 is 0 Å². The zero-order valence-electron chi connectivity index (χ0n) is 10.6. The average molecular weight is 279 g/mol. The Kier molecular flexibility index (Phi) is 5.58. The first kappa shape index (κ1) is 13.8. The van der Waals surface area contributed by atoms with Gasteiger partial charge >= 0.3 is 0 Å². The fourth-order valence-corrected chi connectivity index (χ4v) is 2.26. The number of amides is 1. The molecule has 0 unspecified atom stereocenters. The van der Waals surface area contributed by atoms with Crippen LogP contribution in [-0.2, 0) is 22.5 Å². The minimum atomic E-state index is 0.0385. The van der Waals surface area contributed by atoms with Gasteiger partial charge in [0.15, 0.2) is 0 Å². The second-order valence-corrected chi connectivity index (χ2v) is 4.85. The first-order valence-electron chi connectivity index (χ1n) is 6.16. The van der Waals surface area contributed by atoms with Gasteiger partial charge in [0.25, 0.3) is 0 Å². The average Bonchev–Trinajstić information content (AvgIpc) is 3.06. The van der Waals surface area contributed by atoms with Crippen molar-refractivity contribution in [2.75, 3.05) is 19.8 Å². The van der Waals surface area contributed by atoms with Crippen molar-refractivity contribution >= 4 is 17.2 Å². The SMILES string of the molecule is O=C(Cc1ccsc1)NCCOCCn1ccnc1. The molecule has 0 aliphatic carbocycles. The molecule has 0 aromatic carbocycles. The molecule has 5 nitrogen and oxygen atoms in total. The molecule has 0 spiro atoms. The van der Waals surface area contributed by atoms with Crippen molar-refractivity contribution in [3.05, 3.63) is 41.1 Å². The molecule has 19 heavy (non-hydrogen) atoms. The van der Waals surface area contributed by atoms with E-state index in [9.17, 15) is 4.79 Å². The maximum Gasteiger partial charge on any atom is 0.224 e. The Morgan fingerprint density at radius 1 is 1.47 bits per heavy atom. The van der Waals surface area contributed by atoms with Gasteiger partial charge in [-0.05, 0) is 22.4 Å². The van der Waals surface area contributed by atoms with E-state index in [1.54, 1.807) is 23.9 Å². The Morgan fingerprint density at radius 3 is 3.16 bits per heavy atom. The van der Waals surface area contributed by atoms with Crippen LogP contribution in [0.5, 0.6) is 0 Å². The molecule has 0 saturated carbocycles. The molecule has 0 aliphatic heterocycles. The van der Waals surface area contributed by atoms with Crippen molar-refractivity contribution in [3.63, 3.8) is 0 Å². The molecular weight excluding hydrogens is 262 g/mol. The summed E-state index contributed by atoms with van der Waals surface area (Å²) < 4.78 is 7.38. The predicted molar refractivity (Wildman–Crippen MR) is 74.1 cm³/mol. The standard InChI is InChI=1S/C13H17N3O2S/c17-13(9-12-1-8-19-10-12)15-3-6-18-7-5-16-4-2-14-11-16/h1-2,4,8,10-11H,3,5-7,9H2,(H,15,17). The summed E-state index contributed by atoms with van der Waals surface area (Å²) in [5.74, 6) is 0.0385. The van der Waals surface area contributed by atoms with E-state index in [2.05, 4.69) is 10.3 Å². The van der Waals surface area contributed by atoms with E-state index in [1.165, 1.54) is 0 Å². The van der Waals surface area contributed by atoms with E-state index in [-0.39, 0.29) is 5.91 Å². The molecule has 6 heteroatoms. The summed E-state index contributed by atoms with van der Waals surface area (Å²) in [5.41, 5.74) is 1.06. The number of hydrogen-bond donors (Lipinski definition) is 1. The zero-order valence-corrected chi connectivity index (χ0v) is 11.4. The zero-order chi connectivity index (χ0) is 13.3. The van der Waals surface area contributed by atoms with E-state index in [0.717, 1.165) is 12.1 Å². The van der Waals surface area contributed by atoms with Gasteiger partial charge in [0, 0.05) is 25.5 Å². The van der Waals surface area contributed by atoms with Crippen molar-refractivity contribution in [2.24, 2.45) is 0 Å². The molecule has 0 bridgehead atoms. The second kappa shape index (κ2) is 7.70. The van der Waals surface area contributed by atoms with Crippen LogP contribution < -0.4 is 5.32 Å². The Hall–Kier alpha value is -1.66. The normalized spacial score (nSPS) is 10.5. The molecule has 0 atom stereocenters. The molecule has 0 fully saturated rings. The number of imidazole rings is 1. The summed E-state index contributed by atoms with van der Waals surface area (Å²) in [6, 6.07) is 1.96. The van der Waals surface area contributed by atoms with E-state index >= 15 is 0 Å². The number of carbonyl (C=O) groups excluding carboxylic acids is 1. The van der Waals surface area contributed by atoms with E-state index in [4.69, 9.17) is 4.74 Å². The third kappa shape index (κ3) is 5.23. The first-order valence-corrected chi connectivity index (χ1v) is 7.10. The summed E-state index contributed by atoms with van der Waals surface area (Å²) in [4.78, 5) is 15.5. The number of nitrogens with zero attached hydrogens (tertiary/aromatic N) is 2. The summed E-state index contributed by atoms with van der Waals surface area (Å²) in [6.07, 6.45) is 5.83.